The SMILES string of the molecule is C(=Nc1ccccc1)[N-]c1ccccc1.C(=Nc1ccccc1)[N-]c1ccccc1.FC(F)(F)c1ncc2c(n1)N(c1ccccc1)[CH-]N2c1[c-]cccc1.FC(F)(F)c1ncc2c(n1)N(c1ccccc1)[CH-]N2c1[c-]cccc1.[Pt].[Pt]. The number of aliphatic imine (C=N–C) groups is 2. The van der Waals surface area contributed by atoms with Gasteiger partial charge in [-0.2, -0.15) is 87.0 Å². The van der Waals surface area contributed by atoms with Gasteiger partial charge in [0.2, 0.25) is 11.6 Å². The molecule has 20 heteroatoms. The van der Waals surface area contributed by atoms with Gasteiger partial charge in [-0.3, -0.25) is 0 Å². The van der Waals surface area contributed by atoms with Gasteiger partial charge in [0.15, 0.2) is 0 Å². The first-order chi connectivity index (χ1) is 39.0. The van der Waals surface area contributed by atoms with Gasteiger partial charge in [0, 0.05) is 53.5 Å². The van der Waals surface area contributed by atoms with Crippen molar-refractivity contribution in [2.45, 2.75) is 12.4 Å². The van der Waals surface area contributed by atoms with Crippen LogP contribution in [-0.4, -0.2) is 32.6 Å². The Morgan fingerprint density at radius 2 is 0.720 bits per heavy atom. The van der Waals surface area contributed by atoms with Gasteiger partial charge < -0.3 is 40.2 Å². The van der Waals surface area contributed by atoms with E-state index in [-0.39, 0.29) is 53.8 Å². The molecule has 12 nitrogen and oxygen atoms in total. The van der Waals surface area contributed by atoms with Crippen LogP contribution in [0.3, 0.4) is 0 Å². The van der Waals surface area contributed by atoms with Crippen molar-refractivity contribution in [1.29, 1.82) is 0 Å². The third kappa shape index (κ3) is 16.6. The standard InChI is InChI=1S/2C18H11F3N4.2C13H11N2.2Pt/c2*19-18(20,21)17-22-11-15-16(23-17)25(14-9-5-2-6-10-14)12-24(15)13-7-3-1-4-8-13;2*1-3-7-12(8-4-1)14-11-15-13-9-5-2-6-10-13;;/h2*1-7,9-12H;2*1-11H;;/q2*-2;2*-1;;. The minimum atomic E-state index is -4.61. The molecule has 0 fully saturated rings. The zero-order valence-corrected chi connectivity index (χ0v) is 47.2. The first-order valence-electron chi connectivity index (χ1n) is 24.4. The first-order valence-corrected chi connectivity index (χ1v) is 24.4. The van der Waals surface area contributed by atoms with Gasteiger partial charge >= 0.3 is 12.4 Å². The summed E-state index contributed by atoms with van der Waals surface area (Å²) >= 11 is 0. The molecule has 4 heterocycles. The summed E-state index contributed by atoms with van der Waals surface area (Å²) in [7, 11) is 0. The number of nitrogens with zero attached hydrogens (tertiary/aromatic N) is 12. The maximum absolute atomic E-state index is 13.0. The van der Waals surface area contributed by atoms with Crippen LogP contribution in [0.25, 0.3) is 10.6 Å². The second kappa shape index (κ2) is 29.5. The van der Waals surface area contributed by atoms with Crippen LogP contribution < -0.4 is 19.6 Å². The molecule has 10 aromatic rings. The van der Waals surface area contributed by atoms with E-state index in [1.54, 1.807) is 82.0 Å². The van der Waals surface area contributed by atoms with Gasteiger partial charge in [0.05, 0.1) is 23.8 Å². The molecule has 0 N–H and O–H groups in total. The van der Waals surface area contributed by atoms with Crippen molar-refractivity contribution in [2.24, 2.45) is 9.98 Å². The van der Waals surface area contributed by atoms with Gasteiger partial charge in [-0.15, -0.1) is 24.7 Å². The molecule has 2 aliphatic heterocycles. The Labute approximate surface area is 499 Å². The Hall–Kier alpha value is -8.98. The molecule has 2 aliphatic rings. The van der Waals surface area contributed by atoms with E-state index in [0.717, 1.165) is 22.7 Å². The molecule has 0 bridgehead atoms. The van der Waals surface area contributed by atoms with Crippen LogP contribution in [-0.2, 0) is 54.5 Å². The van der Waals surface area contributed by atoms with E-state index < -0.39 is 24.0 Å². The average molecular weight is 1460 g/mol. The summed E-state index contributed by atoms with van der Waals surface area (Å²) in [5, 5.41) is 8.42. The number of hydrogen-bond donors (Lipinski definition) is 0. The number of hydrogen-bond acceptors (Lipinski definition) is 10. The Bertz CT molecular complexity index is 3310. The van der Waals surface area contributed by atoms with E-state index in [0.29, 0.717) is 34.1 Å². The van der Waals surface area contributed by atoms with E-state index in [2.05, 4.69) is 52.7 Å². The zero-order valence-electron chi connectivity index (χ0n) is 42.7. The number of anilines is 8. The van der Waals surface area contributed by atoms with Crippen molar-refractivity contribution in [1.82, 2.24) is 19.9 Å². The summed E-state index contributed by atoms with van der Waals surface area (Å²) in [6.45, 7) is 3.36. The average Bonchev–Trinajstić information content (AvgIpc) is 4.31. The number of rotatable bonds is 10. The van der Waals surface area contributed by atoms with Crippen molar-refractivity contribution in [3.05, 3.63) is 291 Å². The Kier molecular flexibility index (Phi) is 21.8. The van der Waals surface area contributed by atoms with Crippen molar-refractivity contribution < 1.29 is 68.5 Å². The van der Waals surface area contributed by atoms with Crippen LogP contribution in [0, 0.1) is 25.5 Å². The normalized spacial score (nSPS) is 12.3. The van der Waals surface area contributed by atoms with Gasteiger partial charge in [-0.1, -0.05) is 170 Å². The van der Waals surface area contributed by atoms with Gasteiger partial charge in [0.25, 0.3) is 0 Å². The minimum absolute atomic E-state index is 0. The van der Waals surface area contributed by atoms with E-state index in [1.165, 1.54) is 12.4 Å². The van der Waals surface area contributed by atoms with Gasteiger partial charge in [0.1, 0.15) is 11.6 Å². The number of para-hydroxylation sites is 8. The fraction of sp³-hybridized carbons (Fsp3) is 0.0323. The molecule has 0 saturated heterocycles. The summed E-state index contributed by atoms with van der Waals surface area (Å²) in [6.07, 6.45) is -3.69. The monoisotopic (exact) mass is 1460 g/mol. The maximum Gasteiger partial charge on any atom is 0.451 e. The van der Waals surface area contributed by atoms with Crippen LogP contribution in [0.1, 0.15) is 11.6 Å². The smallest absolute Gasteiger partial charge is 0.451 e. The Morgan fingerprint density at radius 3 is 1.04 bits per heavy atom. The fourth-order valence-electron chi connectivity index (χ4n) is 7.55. The molecular formula is C62H44F6N12Pt2-6. The molecule has 8 aromatic carbocycles. The summed E-state index contributed by atoms with van der Waals surface area (Å²) in [6, 6.07) is 77.6. The second-order valence-electron chi connectivity index (χ2n) is 16.8. The molecule has 0 aliphatic carbocycles. The molecule has 2 aromatic heterocycles. The topological polar surface area (TPSA) is 117 Å². The molecular weight excluding hydrogens is 1420 g/mol. The summed E-state index contributed by atoms with van der Waals surface area (Å²) in [5.41, 5.74) is 7.35. The molecule has 82 heavy (non-hydrogen) atoms. The third-order valence-electron chi connectivity index (χ3n) is 11.3. The molecule has 0 unspecified atom stereocenters. The minimum Gasteiger partial charge on any atom is -0.491 e. The second-order valence-corrected chi connectivity index (χ2v) is 16.8. The van der Waals surface area contributed by atoms with E-state index in [1.807, 2.05) is 194 Å². The third-order valence-corrected chi connectivity index (χ3v) is 11.3. The van der Waals surface area contributed by atoms with Crippen LogP contribution in [0.15, 0.2) is 253 Å². The first kappa shape index (κ1) is 60.7. The predicted octanol–water partition coefficient (Wildman–Crippen LogP) is 17.5. The summed E-state index contributed by atoms with van der Waals surface area (Å²) in [4.78, 5) is 29.5. The summed E-state index contributed by atoms with van der Waals surface area (Å²) in [5.74, 6) is -1.99. The number of alkyl halides is 6. The number of benzene rings is 8. The van der Waals surface area contributed by atoms with Crippen molar-refractivity contribution in [3.63, 3.8) is 0 Å². The van der Waals surface area contributed by atoms with Crippen LogP contribution in [0.5, 0.6) is 0 Å². The Morgan fingerprint density at radius 1 is 0.402 bits per heavy atom. The molecule has 12 rings (SSSR count). The van der Waals surface area contributed by atoms with Crippen molar-refractivity contribution in [2.75, 3.05) is 19.6 Å². The number of halogens is 6. The Balaban J connectivity index is 0.000000161. The predicted molar refractivity (Wildman–Crippen MR) is 303 cm³/mol. The van der Waals surface area contributed by atoms with Crippen LogP contribution in [0.2, 0.25) is 0 Å². The van der Waals surface area contributed by atoms with Crippen LogP contribution in [0.4, 0.5) is 94.9 Å². The molecule has 0 spiro atoms. The quantitative estimate of drug-likeness (QED) is 0.0575. The number of aromatic nitrogens is 4. The molecule has 0 amide bonds. The molecule has 0 atom stereocenters. The molecule has 420 valence electrons. The van der Waals surface area contributed by atoms with E-state index in [4.69, 9.17) is 0 Å². The largest absolute Gasteiger partial charge is 0.491 e. The van der Waals surface area contributed by atoms with Crippen LogP contribution >= 0.6 is 0 Å². The van der Waals surface area contributed by atoms with Gasteiger partial charge in [-0.05, 0) is 47.0 Å². The molecule has 0 saturated carbocycles. The maximum atomic E-state index is 13.0. The summed E-state index contributed by atoms with van der Waals surface area (Å²) < 4.78 is 78.2. The van der Waals surface area contributed by atoms with E-state index >= 15 is 0 Å². The molecule has 0 radical (unpaired) electrons. The zero-order chi connectivity index (χ0) is 55.6. The van der Waals surface area contributed by atoms with Crippen molar-refractivity contribution >= 4 is 81.2 Å². The van der Waals surface area contributed by atoms with Gasteiger partial charge in [-0.25, -0.2) is 19.9 Å². The van der Waals surface area contributed by atoms with Crippen molar-refractivity contribution in [3.8, 4) is 0 Å². The number of fused-ring (bicyclic) bond motifs is 2. The fourth-order valence-corrected chi connectivity index (χ4v) is 7.55. The van der Waals surface area contributed by atoms with E-state index in [9.17, 15) is 26.3 Å².